The highest BCUT2D eigenvalue weighted by Crippen LogP contribution is 2.30. The molecule has 10 nitrogen and oxygen atoms in total. The number of carbonyl (C=O) groups is 2. The van der Waals surface area contributed by atoms with E-state index >= 15 is 0 Å². The SMILES string of the molecule is CC(CN)Oc1cccc(-c2cccc(CNCC[C@H]3CN(c4ccc5c(n4)NC(=O)CO5)C(=O)O3)c2)c1. The molecule has 0 saturated carbocycles. The van der Waals surface area contributed by atoms with E-state index in [1.165, 1.54) is 4.90 Å². The molecule has 2 amide bonds. The van der Waals surface area contributed by atoms with Crippen molar-refractivity contribution < 1.29 is 23.8 Å². The molecule has 0 aliphatic carbocycles. The summed E-state index contributed by atoms with van der Waals surface area (Å²) in [5.41, 5.74) is 9.01. The van der Waals surface area contributed by atoms with Gasteiger partial charge in [-0.15, -0.1) is 0 Å². The first-order chi connectivity index (χ1) is 18.5. The number of nitrogens with one attached hydrogen (secondary N) is 2. The first-order valence-corrected chi connectivity index (χ1v) is 12.7. The highest BCUT2D eigenvalue weighted by molar-refractivity contribution is 5.95. The summed E-state index contributed by atoms with van der Waals surface area (Å²) in [4.78, 5) is 29.9. The van der Waals surface area contributed by atoms with E-state index < -0.39 is 6.09 Å². The normalized spacial score (nSPS) is 17.3. The average molecular weight is 518 g/mol. The summed E-state index contributed by atoms with van der Waals surface area (Å²) in [5.74, 6) is 1.73. The number of benzene rings is 2. The smallest absolute Gasteiger partial charge is 0.415 e. The predicted molar refractivity (Wildman–Crippen MR) is 143 cm³/mol. The number of nitrogens with zero attached hydrogens (tertiary/aromatic N) is 2. The van der Waals surface area contributed by atoms with Crippen molar-refractivity contribution in [2.45, 2.75) is 32.1 Å². The van der Waals surface area contributed by atoms with Gasteiger partial charge >= 0.3 is 6.09 Å². The molecule has 0 radical (unpaired) electrons. The second-order valence-corrected chi connectivity index (χ2v) is 9.33. The van der Waals surface area contributed by atoms with Crippen molar-refractivity contribution in [3.05, 3.63) is 66.2 Å². The number of aromatic nitrogens is 1. The summed E-state index contributed by atoms with van der Waals surface area (Å²) < 4.78 is 16.7. The quantitative estimate of drug-likeness (QED) is 0.350. The largest absolute Gasteiger partial charge is 0.489 e. The van der Waals surface area contributed by atoms with Crippen LogP contribution in [0.15, 0.2) is 60.7 Å². The molecule has 3 aromatic rings. The highest BCUT2D eigenvalue weighted by atomic mass is 16.6. The summed E-state index contributed by atoms with van der Waals surface area (Å²) >= 11 is 0. The van der Waals surface area contributed by atoms with Crippen molar-refractivity contribution >= 4 is 23.6 Å². The third-order valence-corrected chi connectivity index (χ3v) is 6.35. The Hall–Kier alpha value is -4.15. The number of hydrogen-bond donors (Lipinski definition) is 3. The Morgan fingerprint density at radius 3 is 2.82 bits per heavy atom. The number of anilines is 2. The minimum atomic E-state index is -0.453. The maximum atomic E-state index is 12.5. The van der Waals surface area contributed by atoms with Crippen LogP contribution < -0.4 is 30.7 Å². The van der Waals surface area contributed by atoms with Gasteiger partial charge in [0.05, 0.1) is 6.54 Å². The maximum absolute atomic E-state index is 12.5. The Bertz CT molecular complexity index is 1320. The predicted octanol–water partition coefficient (Wildman–Crippen LogP) is 3.31. The second kappa shape index (κ2) is 11.5. The van der Waals surface area contributed by atoms with E-state index in [0.29, 0.717) is 50.0 Å². The monoisotopic (exact) mass is 517 g/mol. The Morgan fingerprint density at radius 2 is 1.97 bits per heavy atom. The van der Waals surface area contributed by atoms with Gasteiger partial charge in [-0.3, -0.25) is 9.69 Å². The molecule has 1 saturated heterocycles. The zero-order valence-corrected chi connectivity index (χ0v) is 21.2. The zero-order valence-electron chi connectivity index (χ0n) is 21.2. The van der Waals surface area contributed by atoms with Gasteiger partial charge in [-0.2, -0.15) is 0 Å². The fraction of sp³-hybridized carbons (Fsp3) is 0.321. The molecule has 1 unspecified atom stereocenters. The van der Waals surface area contributed by atoms with Crippen molar-refractivity contribution in [3.63, 3.8) is 0 Å². The number of pyridine rings is 1. The van der Waals surface area contributed by atoms with Crippen LogP contribution in [0.25, 0.3) is 11.1 Å². The Morgan fingerprint density at radius 1 is 1.16 bits per heavy atom. The Labute approximate surface area is 221 Å². The fourth-order valence-corrected chi connectivity index (χ4v) is 4.35. The van der Waals surface area contributed by atoms with Gasteiger partial charge in [0.25, 0.3) is 5.91 Å². The summed E-state index contributed by atoms with van der Waals surface area (Å²) in [6, 6.07) is 19.7. The van der Waals surface area contributed by atoms with E-state index in [0.717, 1.165) is 22.4 Å². The van der Waals surface area contributed by atoms with Crippen LogP contribution in [0.5, 0.6) is 11.5 Å². The van der Waals surface area contributed by atoms with Gasteiger partial charge < -0.3 is 30.6 Å². The van der Waals surface area contributed by atoms with E-state index in [4.69, 9.17) is 19.9 Å². The number of amides is 2. The molecular weight excluding hydrogens is 486 g/mol. The molecule has 2 aliphatic rings. The molecule has 0 spiro atoms. The average Bonchev–Trinajstić information content (AvgIpc) is 3.31. The molecule has 1 fully saturated rings. The van der Waals surface area contributed by atoms with Crippen molar-refractivity contribution in [3.8, 4) is 22.6 Å². The first-order valence-electron chi connectivity index (χ1n) is 12.7. The molecule has 1 aromatic heterocycles. The van der Waals surface area contributed by atoms with Gasteiger partial charge in [-0.05, 0) is 66.9 Å². The van der Waals surface area contributed by atoms with Crippen LogP contribution in [0.2, 0.25) is 0 Å². The summed E-state index contributed by atoms with van der Waals surface area (Å²) in [5, 5.41) is 6.10. The minimum absolute atomic E-state index is 0.0430. The molecule has 2 atom stereocenters. The van der Waals surface area contributed by atoms with Gasteiger partial charge in [-0.25, -0.2) is 9.78 Å². The maximum Gasteiger partial charge on any atom is 0.415 e. The van der Waals surface area contributed by atoms with Gasteiger partial charge in [0, 0.05) is 13.1 Å². The van der Waals surface area contributed by atoms with E-state index in [1.54, 1.807) is 12.1 Å². The first kappa shape index (κ1) is 25.5. The summed E-state index contributed by atoms with van der Waals surface area (Å²) in [6.45, 7) is 4.11. The Balaban J connectivity index is 1.12. The van der Waals surface area contributed by atoms with Gasteiger partial charge in [0.15, 0.2) is 18.2 Å². The third-order valence-electron chi connectivity index (χ3n) is 6.35. The molecule has 2 aliphatic heterocycles. The van der Waals surface area contributed by atoms with Gasteiger partial charge in [0.2, 0.25) is 0 Å². The van der Waals surface area contributed by atoms with Crippen LogP contribution in [0.1, 0.15) is 18.9 Å². The molecule has 5 rings (SSSR count). The van der Waals surface area contributed by atoms with Crippen LogP contribution in [0, 0.1) is 0 Å². The lowest BCUT2D eigenvalue weighted by Gasteiger charge is -2.19. The minimum Gasteiger partial charge on any atom is -0.489 e. The number of rotatable bonds is 10. The molecule has 198 valence electrons. The molecule has 38 heavy (non-hydrogen) atoms. The topological polar surface area (TPSA) is 128 Å². The Kier molecular flexibility index (Phi) is 7.71. The number of hydrogen-bond acceptors (Lipinski definition) is 8. The third kappa shape index (κ3) is 6.04. The second-order valence-electron chi connectivity index (χ2n) is 9.33. The van der Waals surface area contributed by atoms with E-state index in [2.05, 4.69) is 39.9 Å². The number of carbonyl (C=O) groups excluding carboxylic acids is 2. The number of fused-ring (bicyclic) bond motifs is 1. The lowest BCUT2D eigenvalue weighted by atomic mass is 10.0. The van der Waals surface area contributed by atoms with Crippen LogP contribution in [0.4, 0.5) is 16.4 Å². The van der Waals surface area contributed by atoms with Crippen molar-refractivity contribution in [2.75, 3.05) is 36.5 Å². The van der Waals surface area contributed by atoms with Crippen LogP contribution in [0.3, 0.4) is 0 Å². The zero-order chi connectivity index (χ0) is 26.5. The van der Waals surface area contributed by atoms with E-state index in [9.17, 15) is 9.59 Å². The van der Waals surface area contributed by atoms with Crippen LogP contribution >= 0.6 is 0 Å². The molecule has 2 aromatic carbocycles. The van der Waals surface area contributed by atoms with Crippen molar-refractivity contribution in [1.29, 1.82) is 0 Å². The fourth-order valence-electron chi connectivity index (χ4n) is 4.35. The van der Waals surface area contributed by atoms with Crippen molar-refractivity contribution in [1.82, 2.24) is 10.3 Å². The highest BCUT2D eigenvalue weighted by Gasteiger charge is 2.33. The van der Waals surface area contributed by atoms with Gasteiger partial charge in [-0.1, -0.05) is 30.3 Å². The van der Waals surface area contributed by atoms with Crippen LogP contribution in [-0.2, 0) is 16.1 Å². The lowest BCUT2D eigenvalue weighted by molar-refractivity contribution is -0.118. The van der Waals surface area contributed by atoms with Crippen molar-refractivity contribution in [2.24, 2.45) is 5.73 Å². The number of ether oxygens (including phenoxy) is 3. The molecule has 3 heterocycles. The van der Waals surface area contributed by atoms with E-state index in [1.807, 2.05) is 31.2 Å². The number of nitrogens with two attached hydrogens (primary N) is 1. The van der Waals surface area contributed by atoms with Gasteiger partial charge in [0.1, 0.15) is 23.8 Å². The molecule has 0 bridgehead atoms. The van der Waals surface area contributed by atoms with E-state index in [-0.39, 0.29) is 24.7 Å². The molecule has 4 N–H and O–H groups in total. The van der Waals surface area contributed by atoms with Crippen LogP contribution in [-0.4, -0.2) is 55.4 Å². The molecular formula is C28H31N5O5. The molecule has 10 heteroatoms. The summed E-state index contributed by atoms with van der Waals surface area (Å²) in [7, 11) is 0. The number of cyclic esters (lactones) is 1. The standard InChI is InChI=1S/C28H31N5O5/c1-18(14-29)37-22-7-3-6-21(13-22)20-5-2-4-19(12-20)15-30-11-10-23-16-33(28(35)38-23)25-9-8-24-27(31-25)32-26(34)17-36-24/h2-9,12-13,18,23,30H,10-11,14-17,29H2,1H3,(H,31,32,34)/t18?,23-/m0/s1. The lowest BCUT2D eigenvalue weighted by Crippen LogP contribution is -2.29. The summed E-state index contributed by atoms with van der Waals surface area (Å²) in [6.07, 6.45) is -0.0988.